The van der Waals surface area contributed by atoms with Gasteiger partial charge in [0.05, 0.1) is 6.04 Å². The number of amides is 1. The van der Waals surface area contributed by atoms with Gasteiger partial charge in [0.2, 0.25) is 5.91 Å². The predicted molar refractivity (Wildman–Crippen MR) is 91.8 cm³/mol. The van der Waals surface area contributed by atoms with Crippen LogP contribution in [0.4, 0.5) is 0 Å². The van der Waals surface area contributed by atoms with Gasteiger partial charge in [-0.15, -0.1) is 12.4 Å². The van der Waals surface area contributed by atoms with Crippen LogP contribution in [0.3, 0.4) is 0 Å². The molecule has 4 nitrogen and oxygen atoms in total. The van der Waals surface area contributed by atoms with Crippen molar-refractivity contribution in [2.75, 3.05) is 26.2 Å². The van der Waals surface area contributed by atoms with Gasteiger partial charge in [-0.05, 0) is 57.2 Å². The topological polar surface area (TPSA) is 58.4 Å². The summed E-state index contributed by atoms with van der Waals surface area (Å²) in [6.45, 7) is 11.0. The summed E-state index contributed by atoms with van der Waals surface area (Å²) in [6, 6.07) is -0.328. The summed E-state index contributed by atoms with van der Waals surface area (Å²) in [4.78, 5) is 14.3. The average molecular weight is 320 g/mol. The molecule has 1 aliphatic heterocycles. The number of nitrogens with two attached hydrogens (primary N) is 1. The Bertz CT molecular complexity index is 279. The van der Waals surface area contributed by atoms with Crippen LogP contribution in [0, 0.1) is 11.8 Å². The van der Waals surface area contributed by atoms with Crippen LogP contribution in [0.1, 0.15) is 52.9 Å². The molecule has 0 spiro atoms. The number of rotatable bonds is 8. The number of piperidine rings is 1. The molecule has 1 aliphatic rings. The van der Waals surface area contributed by atoms with Crippen molar-refractivity contribution in [3.63, 3.8) is 0 Å². The Labute approximate surface area is 136 Å². The van der Waals surface area contributed by atoms with Crippen molar-refractivity contribution in [3.8, 4) is 0 Å². The lowest BCUT2D eigenvalue weighted by Crippen LogP contribution is -2.44. The first-order valence-electron chi connectivity index (χ1n) is 8.28. The normalized spacial score (nSPS) is 18.3. The van der Waals surface area contributed by atoms with Crippen LogP contribution in [0.2, 0.25) is 0 Å². The number of carbonyl (C=O) groups is 1. The van der Waals surface area contributed by atoms with Crippen LogP contribution < -0.4 is 11.1 Å². The summed E-state index contributed by atoms with van der Waals surface area (Å²) in [5.41, 5.74) is 5.81. The largest absolute Gasteiger partial charge is 0.354 e. The van der Waals surface area contributed by atoms with Crippen molar-refractivity contribution < 1.29 is 4.79 Å². The van der Waals surface area contributed by atoms with Crippen LogP contribution in [0.5, 0.6) is 0 Å². The van der Waals surface area contributed by atoms with E-state index in [9.17, 15) is 4.79 Å². The molecule has 1 amide bonds. The molecular weight excluding hydrogens is 286 g/mol. The molecule has 0 saturated carbocycles. The van der Waals surface area contributed by atoms with E-state index in [-0.39, 0.29) is 24.4 Å². The first-order valence-corrected chi connectivity index (χ1v) is 8.28. The van der Waals surface area contributed by atoms with Gasteiger partial charge in [0, 0.05) is 6.54 Å². The highest BCUT2D eigenvalue weighted by Crippen LogP contribution is 2.17. The van der Waals surface area contributed by atoms with Gasteiger partial charge in [0.25, 0.3) is 0 Å². The quantitative estimate of drug-likeness (QED) is 0.722. The fraction of sp³-hybridized carbons (Fsp3) is 0.938. The molecule has 1 fully saturated rings. The molecule has 1 heterocycles. The van der Waals surface area contributed by atoms with Gasteiger partial charge in [0.15, 0.2) is 0 Å². The number of nitrogens with one attached hydrogen (secondary N) is 1. The molecule has 5 heteroatoms. The molecule has 1 saturated heterocycles. The monoisotopic (exact) mass is 319 g/mol. The minimum absolute atomic E-state index is 0. The van der Waals surface area contributed by atoms with E-state index >= 15 is 0 Å². The van der Waals surface area contributed by atoms with Gasteiger partial charge in [-0.2, -0.15) is 0 Å². The smallest absolute Gasteiger partial charge is 0.236 e. The number of halogens is 1. The van der Waals surface area contributed by atoms with Gasteiger partial charge in [0.1, 0.15) is 0 Å². The molecule has 0 bridgehead atoms. The second kappa shape index (κ2) is 11.3. The third kappa shape index (κ3) is 8.64. The fourth-order valence-electron chi connectivity index (χ4n) is 2.67. The van der Waals surface area contributed by atoms with Crippen LogP contribution in [-0.4, -0.2) is 43.0 Å². The molecule has 0 aliphatic carbocycles. The van der Waals surface area contributed by atoms with E-state index in [0.717, 1.165) is 25.3 Å². The van der Waals surface area contributed by atoms with E-state index in [1.165, 1.54) is 38.9 Å². The summed E-state index contributed by atoms with van der Waals surface area (Å²) < 4.78 is 0. The number of nitrogens with zero attached hydrogens (tertiary/aromatic N) is 1. The summed E-state index contributed by atoms with van der Waals surface area (Å²) in [5.74, 6) is 1.43. The minimum Gasteiger partial charge on any atom is -0.354 e. The number of hydrogen-bond acceptors (Lipinski definition) is 3. The average Bonchev–Trinajstić information content (AvgIpc) is 2.43. The Balaban J connectivity index is 0.00000400. The van der Waals surface area contributed by atoms with Crippen molar-refractivity contribution >= 4 is 18.3 Å². The highest BCUT2D eigenvalue weighted by molar-refractivity contribution is 5.85. The third-order valence-corrected chi connectivity index (χ3v) is 4.23. The Kier molecular flexibility index (Phi) is 11.1. The van der Waals surface area contributed by atoms with Gasteiger partial charge < -0.3 is 16.0 Å². The first kappa shape index (κ1) is 20.7. The van der Waals surface area contributed by atoms with E-state index in [1.807, 2.05) is 0 Å². The summed E-state index contributed by atoms with van der Waals surface area (Å²) >= 11 is 0. The summed E-state index contributed by atoms with van der Waals surface area (Å²) in [7, 11) is 0. The zero-order valence-corrected chi connectivity index (χ0v) is 14.8. The zero-order chi connectivity index (χ0) is 15.0. The van der Waals surface area contributed by atoms with Gasteiger partial charge >= 0.3 is 0 Å². The molecule has 1 rings (SSSR count). The lowest BCUT2D eigenvalue weighted by molar-refractivity contribution is -0.122. The highest BCUT2D eigenvalue weighted by atomic mass is 35.5. The summed E-state index contributed by atoms with van der Waals surface area (Å²) in [6.07, 6.45) is 5.42. The first-order chi connectivity index (χ1) is 9.52. The molecule has 0 aromatic heterocycles. The molecule has 0 aromatic rings. The van der Waals surface area contributed by atoms with E-state index in [2.05, 4.69) is 31.0 Å². The zero-order valence-electron chi connectivity index (χ0n) is 13.9. The van der Waals surface area contributed by atoms with Crippen LogP contribution in [0.15, 0.2) is 0 Å². The van der Waals surface area contributed by atoms with Gasteiger partial charge in [-0.1, -0.05) is 27.2 Å². The number of likely N-dealkylation sites (tertiary alicyclic amines) is 1. The number of carbonyl (C=O) groups excluding carboxylic acids is 1. The SMILES string of the molecule is CCCC(N)C(=O)NCC1CCN(CCC(C)C)CC1.Cl. The predicted octanol–water partition coefficient (Wildman–Crippen LogP) is 2.41. The van der Waals surface area contributed by atoms with Crippen molar-refractivity contribution in [3.05, 3.63) is 0 Å². The van der Waals surface area contributed by atoms with Gasteiger partial charge in [-0.3, -0.25) is 4.79 Å². The third-order valence-electron chi connectivity index (χ3n) is 4.23. The second-order valence-electron chi connectivity index (χ2n) is 6.61. The van der Waals surface area contributed by atoms with Crippen LogP contribution in [-0.2, 0) is 4.79 Å². The molecule has 1 atom stereocenters. The fourth-order valence-corrected chi connectivity index (χ4v) is 2.67. The molecule has 3 N–H and O–H groups in total. The summed E-state index contributed by atoms with van der Waals surface area (Å²) in [5, 5.41) is 3.02. The number of hydrogen-bond donors (Lipinski definition) is 2. The molecule has 1 unspecified atom stereocenters. The molecule has 0 aromatic carbocycles. The van der Waals surface area contributed by atoms with Crippen molar-refractivity contribution in [2.45, 2.75) is 58.9 Å². The Morgan fingerprint density at radius 3 is 2.43 bits per heavy atom. The second-order valence-corrected chi connectivity index (χ2v) is 6.61. The van der Waals surface area contributed by atoms with Crippen molar-refractivity contribution in [2.24, 2.45) is 17.6 Å². The molecule has 0 radical (unpaired) electrons. The van der Waals surface area contributed by atoms with Crippen LogP contribution in [0.25, 0.3) is 0 Å². The highest BCUT2D eigenvalue weighted by Gasteiger charge is 2.20. The standard InChI is InChI=1S/C16H33N3O.ClH/c1-4-5-15(17)16(20)18-12-14-7-10-19(11-8-14)9-6-13(2)3;/h13-15H,4-12,17H2,1-3H3,(H,18,20);1H. The van der Waals surface area contributed by atoms with E-state index in [4.69, 9.17) is 5.73 Å². The van der Waals surface area contributed by atoms with Crippen molar-refractivity contribution in [1.29, 1.82) is 0 Å². The van der Waals surface area contributed by atoms with E-state index in [1.54, 1.807) is 0 Å². The van der Waals surface area contributed by atoms with E-state index < -0.39 is 0 Å². The minimum atomic E-state index is -0.328. The molecule has 126 valence electrons. The van der Waals surface area contributed by atoms with Crippen LogP contribution >= 0.6 is 12.4 Å². The molecular formula is C16H34ClN3O. The maximum Gasteiger partial charge on any atom is 0.236 e. The lowest BCUT2D eigenvalue weighted by atomic mass is 9.96. The van der Waals surface area contributed by atoms with Crippen molar-refractivity contribution in [1.82, 2.24) is 10.2 Å². The Morgan fingerprint density at radius 1 is 1.29 bits per heavy atom. The molecule has 21 heavy (non-hydrogen) atoms. The Morgan fingerprint density at radius 2 is 1.90 bits per heavy atom. The maximum atomic E-state index is 11.8. The lowest BCUT2D eigenvalue weighted by Gasteiger charge is -2.32. The Hall–Kier alpha value is -0.320. The van der Waals surface area contributed by atoms with Gasteiger partial charge in [-0.25, -0.2) is 0 Å². The maximum absolute atomic E-state index is 11.8. The van der Waals surface area contributed by atoms with E-state index in [0.29, 0.717) is 5.92 Å².